The van der Waals surface area contributed by atoms with E-state index >= 15 is 0 Å². The fraction of sp³-hybridized carbons (Fsp3) is 0.364. The average Bonchev–Trinajstić information content (AvgIpc) is 2.41. The second kappa shape index (κ2) is 3.32. The number of carbonyl (C=O) groups is 1. The van der Waals surface area contributed by atoms with E-state index in [0.29, 0.717) is 0 Å². The summed E-state index contributed by atoms with van der Waals surface area (Å²) in [5.74, 6) is -2.47. The van der Waals surface area contributed by atoms with Crippen molar-refractivity contribution < 1.29 is 15.0 Å². The van der Waals surface area contributed by atoms with Gasteiger partial charge in [-0.3, -0.25) is 4.79 Å². The highest BCUT2D eigenvalue weighted by Gasteiger charge is 2.34. The van der Waals surface area contributed by atoms with E-state index in [1.807, 2.05) is 18.2 Å². The molecule has 1 heterocycles. The molecule has 0 aromatic heterocycles. The van der Waals surface area contributed by atoms with Crippen LogP contribution in [-0.4, -0.2) is 21.9 Å². The number of amides is 1. The monoisotopic (exact) mass is 207 g/mol. The van der Waals surface area contributed by atoms with E-state index in [1.54, 1.807) is 6.07 Å². The van der Waals surface area contributed by atoms with Crippen LogP contribution in [0.5, 0.6) is 0 Å². The Morgan fingerprint density at radius 1 is 1.40 bits per heavy atom. The van der Waals surface area contributed by atoms with Crippen molar-refractivity contribution in [1.82, 2.24) is 0 Å². The van der Waals surface area contributed by atoms with E-state index in [1.165, 1.54) is 6.92 Å². The number of para-hydroxylation sites is 1. The predicted molar refractivity (Wildman–Crippen MR) is 55.3 cm³/mol. The van der Waals surface area contributed by atoms with Gasteiger partial charge in [-0.15, -0.1) is 0 Å². The SMILES string of the molecule is CC(O)(O)CC1C(=O)Nc2ccccc21. The maximum atomic E-state index is 11.6. The molecule has 0 bridgehead atoms. The minimum Gasteiger partial charge on any atom is -0.366 e. The summed E-state index contributed by atoms with van der Waals surface area (Å²) in [5, 5.41) is 21.3. The largest absolute Gasteiger partial charge is 0.366 e. The lowest BCUT2D eigenvalue weighted by Gasteiger charge is -2.19. The summed E-state index contributed by atoms with van der Waals surface area (Å²) < 4.78 is 0. The molecule has 1 amide bonds. The van der Waals surface area contributed by atoms with Crippen molar-refractivity contribution in [2.24, 2.45) is 0 Å². The van der Waals surface area contributed by atoms with E-state index in [4.69, 9.17) is 0 Å². The third-order valence-electron chi connectivity index (χ3n) is 2.50. The zero-order valence-electron chi connectivity index (χ0n) is 8.40. The first-order valence-corrected chi connectivity index (χ1v) is 4.82. The molecule has 80 valence electrons. The number of aliphatic hydroxyl groups is 2. The number of hydrogen-bond acceptors (Lipinski definition) is 3. The van der Waals surface area contributed by atoms with Gasteiger partial charge in [0.1, 0.15) is 0 Å². The fourth-order valence-electron chi connectivity index (χ4n) is 1.87. The molecule has 0 radical (unpaired) electrons. The lowest BCUT2D eigenvalue weighted by molar-refractivity contribution is -0.156. The van der Waals surface area contributed by atoms with Crippen LogP contribution in [0.1, 0.15) is 24.8 Å². The van der Waals surface area contributed by atoms with Crippen molar-refractivity contribution in [1.29, 1.82) is 0 Å². The number of anilines is 1. The Hall–Kier alpha value is -1.39. The third kappa shape index (κ3) is 2.00. The van der Waals surface area contributed by atoms with Crippen molar-refractivity contribution in [3.8, 4) is 0 Å². The van der Waals surface area contributed by atoms with Gasteiger partial charge in [0.25, 0.3) is 0 Å². The third-order valence-corrected chi connectivity index (χ3v) is 2.50. The van der Waals surface area contributed by atoms with Crippen LogP contribution >= 0.6 is 0 Å². The first kappa shape index (κ1) is 10.1. The summed E-state index contributed by atoms with van der Waals surface area (Å²) in [6.07, 6.45) is 0.00977. The molecule has 0 saturated carbocycles. The maximum absolute atomic E-state index is 11.6. The van der Waals surface area contributed by atoms with Gasteiger partial charge in [-0.05, 0) is 18.6 Å². The molecular weight excluding hydrogens is 194 g/mol. The average molecular weight is 207 g/mol. The molecule has 1 aromatic carbocycles. The zero-order chi connectivity index (χ0) is 11.1. The van der Waals surface area contributed by atoms with E-state index < -0.39 is 11.7 Å². The van der Waals surface area contributed by atoms with Gasteiger partial charge in [0.15, 0.2) is 5.79 Å². The minimum absolute atomic E-state index is 0.00977. The Balaban J connectivity index is 2.30. The summed E-state index contributed by atoms with van der Waals surface area (Å²) in [4.78, 5) is 11.6. The number of benzene rings is 1. The van der Waals surface area contributed by atoms with E-state index in [-0.39, 0.29) is 12.3 Å². The lowest BCUT2D eigenvalue weighted by atomic mass is 9.93. The molecule has 0 saturated heterocycles. The van der Waals surface area contributed by atoms with Gasteiger partial charge in [0.05, 0.1) is 5.92 Å². The van der Waals surface area contributed by atoms with Crippen molar-refractivity contribution in [2.75, 3.05) is 5.32 Å². The second-order valence-electron chi connectivity index (χ2n) is 4.05. The molecule has 4 heteroatoms. The van der Waals surface area contributed by atoms with Crippen LogP contribution < -0.4 is 5.32 Å². The first-order valence-electron chi connectivity index (χ1n) is 4.82. The van der Waals surface area contributed by atoms with E-state index in [0.717, 1.165) is 11.3 Å². The van der Waals surface area contributed by atoms with Gasteiger partial charge in [-0.2, -0.15) is 0 Å². The maximum Gasteiger partial charge on any atom is 0.232 e. The van der Waals surface area contributed by atoms with Crippen LogP contribution in [0.25, 0.3) is 0 Å². The van der Waals surface area contributed by atoms with Crippen LogP contribution in [0.15, 0.2) is 24.3 Å². The molecular formula is C11H13NO3. The normalized spacial score (nSPS) is 19.9. The van der Waals surface area contributed by atoms with Crippen molar-refractivity contribution in [3.05, 3.63) is 29.8 Å². The zero-order valence-corrected chi connectivity index (χ0v) is 8.40. The Morgan fingerprint density at radius 2 is 2.07 bits per heavy atom. The van der Waals surface area contributed by atoms with Gasteiger partial charge < -0.3 is 15.5 Å². The molecule has 1 aliphatic rings. The summed E-state index contributed by atoms with van der Waals surface area (Å²) in [6, 6.07) is 7.29. The predicted octanol–water partition coefficient (Wildman–Crippen LogP) is 0.813. The highest BCUT2D eigenvalue weighted by Crippen LogP contribution is 2.36. The van der Waals surface area contributed by atoms with Gasteiger partial charge in [0.2, 0.25) is 5.91 Å². The molecule has 3 N–H and O–H groups in total. The van der Waals surface area contributed by atoms with E-state index in [9.17, 15) is 15.0 Å². The standard InChI is InChI=1S/C11H13NO3/c1-11(14,15)6-8-7-4-2-3-5-9(7)12-10(8)13/h2-5,8,14-15H,6H2,1H3,(H,12,13). The summed E-state index contributed by atoms with van der Waals surface area (Å²) in [5.41, 5.74) is 1.59. The molecule has 4 nitrogen and oxygen atoms in total. The summed E-state index contributed by atoms with van der Waals surface area (Å²) >= 11 is 0. The highest BCUT2D eigenvalue weighted by atomic mass is 16.5. The van der Waals surface area contributed by atoms with Crippen LogP contribution in [0.2, 0.25) is 0 Å². The van der Waals surface area contributed by atoms with Crippen molar-refractivity contribution >= 4 is 11.6 Å². The highest BCUT2D eigenvalue weighted by molar-refractivity contribution is 6.02. The van der Waals surface area contributed by atoms with Crippen LogP contribution in [0.4, 0.5) is 5.69 Å². The number of hydrogen-bond donors (Lipinski definition) is 3. The van der Waals surface area contributed by atoms with Gasteiger partial charge in [-0.25, -0.2) is 0 Å². The van der Waals surface area contributed by atoms with Gasteiger partial charge >= 0.3 is 0 Å². The second-order valence-corrected chi connectivity index (χ2v) is 4.05. The molecule has 0 aliphatic carbocycles. The molecule has 1 atom stereocenters. The Bertz CT molecular complexity index is 395. The number of rotatable bonds is 2. The van der Waals surface area contributed by atoms with Crippen molar-refractivity contribution in [3.63, 3.8) is 0 Å². The molecule has 1 aliphatic heterocycles. The molecule has 0 fully saturated rings. The van der Waals surface area contributed by atoms with Crippen LogP contribution in [-0.2, 0) is 4.79 Å². The molecule has 15 heavy (non-hydrogen) atoms. The number of fused-ring (bicyclic) bond motifs is 1. The quantitative estimate of drug-likeness (QED) is 0.629. The summed E-state index contributed by atoms with van der Waals surface area (Å²) in [6.45, 7) is 1.28. The Kier molecular flexibility index (Phi) is 2.25. The first-order chi connectivity index (χ1) is 6.97. The topological polar surface area (TPSA) is 69.6 Å². The molecule has 1 aromatic rings. The van der Waals surface area contributed by atoms with Crippen molar-refractivity contribution in [2.45, 2.75) is 25.0 Å². The van der Waals surface area contributed by atoms with E-state index in [2.05, 4.69) is 5.32 Å². The number of nitrogens with one attached hydrogen (secondary N) is 1. The molecule has 2 rings (SSSR count). The molecule has 1 unspecified atom stereocenters. The number of carbonyl (C=O) groups excluding carboxylic acids is 1. The Morgan fingerprint density at radius 3 is 2.73 bits per heavy atom. The Labute approximate surface area is 87.6 Å². The fourth-order valence-corrected chi connectivity index (χ4v) is 1.87. The smallest absolute Gasteiger partial charge is 0.232 e. The molecule has 0 spiro atoms. The lowest BCUT2D eigenvalue weighted by Crippen LogP contribution is -2.28. The van der Waals surface area contributed by atoms with Crippen LogP contribution in [0.3, 0.4) is 0 Å². The minimum atomic E-state index is -1.82. The van der Waals surface area contributed by atoms with Crippen LogP contribution in [0, 0.1) is 0 Å². The summed E-state index contributed by atoms with van der Waals surface area (Å²) in [7, 11) is 0. The van der Waals surface area contributed by atoms with Gasteiger partial charge in [-0.1, -0.05) is 18.2 Å². The van der Waals surface area contributed by atoms with Gasteiger partial charge in [0, 0.05) is 12.1 Å².